The minimum atomic E-state index is -1.53. The molecule has 2 saturated heterocycles. The Kier molecular flexibility index (Phi) is 9.25. The Balaban J connectivity index is 1.78. The first kappa shape index (κ1) is 28.3. The fourth-order valence-electron chi connectivity index (χ4n) is 4.52. The molecule has 0 bridgehead atoms. The monoisotopic (exact) mass is 510 g/mol. The molecule has 0 amide bonds. The molecule has 2 heterocycles. The van der Waals surface area contributed by atoms with Gasteiger partial charge in [-0.25, -0.2) is 0 Å². The van der Waals surface area contributed by atoms with Crippen molar-refractivity contribution in [1.29, 1.82) is 0 Å². The molecule has 0 aromatic rings. The third kappa shape index (κ3) is 6.02. The smallest absolute Gasteiger partial charge is 0.187 e. The number of nitrogens with two attached hydrogens (primary N) is 5. The van der Waals surface area contributed by atoms with Crippen LogP contribution in [-0.2, 0) is 18.9 Å². The van der Waals surface area contributed by atoms with Crippen LogP contribution in [0.5, 0.6) is 0 Å². The van der Waals surface area contributed by atoms with Gasteiger partial charge in [0.25, 0.3) is 0 Å². The topological polar surface area (TPSA) is 301 Å². The Morgan fingerprint density at radius 1 is 0.857 bits per heavy atom. The van der Waals surface area contributed by atoms with E-state index < -0.39 is 91.7 Å². The molecule has 1 saturated carbocycles. The summed E-state index contributed by atoms with van der Waals surface area (Å²) in [4.78, 5) is 3.76. The van der Waals surface area contributed by atoms with Gasteiger partial charge in [-0.05, 0) is 13.3 Å². The van der Waals surface area contributed by atoms with Crippen molar-refractivity contribution >= 4 is 5.96 Å². The average molecular weight is 511 g/mol. The number of aliphatic hydroxyl groups is 6. The zero-order valence-corrected chi connectivity index (χ0v) is 19.2. The minimum Gasteiger partial charge on any atom is -0.391 e. The molecule has 16 nitrogen and oxygen atoms in total. The number of rotatable bonds is 7. The molecular weight excluding hydrogens is 472 g/mol. The second-order valence-corrected chi connectivity index (χ2v) is 9.31. The number of ether oxygens (including phenoxy) is 4. The van der Waals surface area contributed by atoms with E-state index in [0.29, 0.717) is 0 Å². The summed E-state index contributed by atoms with van der Waals surface area (Å²) >= 11 is 0. The summed E-state index contributed by atoms with van der Waals surface area (Å²) in [5.74, 6) is -0.237. The maximum Gasteiger partial charge on any atom is 0.187 e. The second kappa shape index (κ2) is 11.4. The van der Waals surface area contributed by atoms with Crippen molar-refractivity contribution in [1.82, 2.24) is 0 Å². The van der Waals surface area contributed by atoms with Crippen molar-refractivity contribution in [2.75, 3.05) is 6.54 Å². The van der Waals surface area contributed by atoms with Crippen LogP contribution in [0.1, 0.15) is 13.3 Å². The van der Waals surface area contributed by atoms with E-state index in [9.17, 15) is 30.6 Å². The zero-order chi connectivity index (χ0) is 26.2. The molecule has 3 fully saturated rings. The van der Waals surface area contributed by atoms with Gasteiger partial charge in [0, 0.05) is 12.1 Å². The van der Waals surface area contributed by atoms with Gasteiger partial charge in [-0.2, -0.15) is 0 Å². The van der Waals surface area contributed by atoms with Crippen molar-refractivity contribution in [2.24, 2.45) is 33.7 Å². The van der Waals surface area contributed by atoms with E-state index in [-0.39, 0.29) is 18.9 Å². The number of aliphatic imine (C=N–C) groups is 1. The Hall–Kier alpha value is -1.25. The third-order valence-corrected chi connectivity index (χ3v) is 6.58. The fourth-order valence-corrected chi connectivity index (χ4v) is 4.52. The lowest BCUT2D eigenvalue weighted by Crippen LogP contribution is -2.68. The molecule has 0 radical (unpaired) electrons. The first-order chi connectivity index (χ1) is 16.3. The van der Waals surface area contributed by atoms with Crippen molar-refractivity contribution in [2.45, 2.75) is 105 Å². The van der Waals surface area contributed by atoms with Crippen LogP contribution in [0, 0.1) is 0 Å². The van der Waals surface area contributed by atoms with E-state index in [1.807, 2.05) is 0 Å². The highest BCUT2D eigenvalue weighted by Crippen LogP contribution is 2.32. The molecule has 16 heteroatoms. The number of hydrogen-bond acceptors (Lipinski definition) is 14. The van der Waals surface area contributed by atoms with E-state index >= 15 is 0 Å². The molecule has 15 atom stereocenters. The molecule has 0 aromatic heterocycles. The summed E-state index contributed by atoms with van der Waals surface area (Å²) in [7, 11) is 0. The van der Waals surface area contributed by atoms with Crippen LogP contribution < -0.4 is 28.7 Å². The second-order valence-electron chi connectivity index (χ2n) is 9.31. The van der Waals surface area contributed by atoms with Gasteiger partial charge < -0.3 is 78.3 Å². The average Bonchev–Trinajstić information content (AvgIpc) is 3.05. The molecular formula is C19H38N6O10. The highest BCUT2D eigenvalue weighted by molar-refractivity contribution is 5.75. The predicted octanol–water partition coefficient (Wildman–Crippen LogP) is -6.95. The van der Waals surface area contributed by atoms with Gasteiger partial charge in [0.05, 0.1) is 24.8 Å². The van der Waals surface area contributed by atoms with E-state index in [1.54, 1.807) is 0 Å². The largest absolute Gasteiger partial charge is 0.391 e. The number of nitrogens with zero attached hydrogens (tertiary/aromatic N) is 1. The van der Waals surface area contributed by atoms with E-state index in [1.165, 1.54) is 6.92 Å². The predicted molar refractivity (Wildman–Crippen MR) is 118 cm³/mol. The van der Waals surface area contributed by atoms with Crippen LogP contribution in [0.4, 0.5) is 0 Å². The van der Waals surface area contributed by atoms with Gasteiger partial charge in [0.1, 0.15) is 48.8 Å². The van der Waals surface area contributed by atoms with Crippen molar-refractivity contribution in [3.8, 4) is 0 Å². The molecule has 2 aliphatic heterocycles. The standard InChI is InChI=1S/C19H38N6O10/c1-4(26)14-12(30)11(29)8(22)17(33-14)34-15-6(21)2-5(20)9(27)16(15)35-18-13(31)10(28)7(32-18)3-25-19(23)24/h4-18,26-31H,2-3,20-22H2,1H3,(H4,23,24,25)/t4-,5+,6?,7+,8?,9+,10?,11+,12-,13-,14?,15+,16?,17+,18-/m0/s1. The lowest BCUT2D eigenvalue weighted by Gasteiger charge is -2.47. The highest BCUT2D eigenvalue weighted by Gasteiger charge is 2.52. The van der Waals surface area contributed by atoms with Gasteiger partial charge in [0.2, 0.25) is 0 Å². The van der Waals surface area contributed by atoms with Crippen LogP contribution >= 0.6 is 0 Å². The molecule has 35 heavy (non-hydrogen) atoms. The van der Waals surface area contributed by atoms with Crippen molar-refractivity contribution < 1.29 is 49.6 Å². The van der Waals surface area contributed by atoms with Crippen LogP contribution in [0.3, 0.4) is 0 Å². The lowest BCUT2D eigenvalue weighted by molar-refractivity contribution is -0.315. The molecule has 0 spiro atoms. The molecule has 0 aromatic carbocycles. The van der Waals surface area contributed by atoms with E-state index in [2.05, 4.69) is 4.99 Å². The lowest BCUT2D eigenvalue weighted by atomic mass is 9.84. The summed E-state index contributed by atoms with van der Waals surface area (Å²) in [6, 6.07) is -2.88. The first-order valence-corrected chi connectivity index (χ1v) is 11.4. The quantitative estimate of drug-likeness (QED) is 0.112. The van der Waals surface area contributed by atoms with Gasteiger partial charge in [-0.1, -0.05) is 0 Å². The highest BCUT2D eigenvalue weighted by atomic mass is 16.7. The molecule has 3 rings (SSSR count). The minimum absolute atomic E-state index is 0.114. The SMILES string of the molecule is C[C@H](O)C1O[C@H](O[C@@H]2C(N)C[C@@H](N)[C@@H](O)C2O[C@@H]2O[C@H](CN=C(N)N)C(O)[C@@H]2O)C(N)[C@@H](O)[C@@H]1O. The Bertz CT molecular complexity index is 732. The van der Waals surface area contributed by atoms with Crippen LogP contribution in [-0.4, -0.2) is 135 Å². The van der Waals surface area contributed by atoms with E-state index in [4.69, 9.17) is 47.6 Å². The van der Waals surface area contributed by atoms with Gasteiger partial charge in [-0.3, -0.25) is 4.99 Å². The van der Waals surface area contributed by atoms with Crippen LogP contribution in [0.15, 0.2) is 4.99 Å². The maximum atomic E-state index is 10.8. The maximum absolute atomic E-state index is 10.8. The summed E-state index contributed by atoms with van der Waals surface area (Å²) in [5.41, 5.74) is 28.8. The summed E-state index contributed by atoms with van der Waals surface area (Å²) in [6.07, 6.45) is -15.7. The Labute approximate surface area is 201 Å². The normalized spacial score (nSPS) is 49.5. The molecule has 16 N–H and O–H groups in total. The Morgan fingerprint density at radius 3 is 2.09 bits per heavy atom. The van der Waals surface area contributed by atoms with Gasteiger partial charge in [0.15, 0.2) is 18.5 Å². The summed E-state index contributed by atoms with van der Waals surface area (Å²) in [6.45, 7) is 1.21. The van der Waals surface area contributed by atoms with Gasteiger partial charge >= 0.3 is 0 Å². The van der Waals surface area contributed by atoms with Crippen molar-refractivity contribution in [3.63, 3.8) is 0 Å². The molecule has 204 valence electrons. The summed E-state index contributed by atoms with van der Waals surface area (Å²) in [5, 5.41) is 61.9. The van der Waals surface area contributed by atoms with Crippen LogP contribution in [0.2, 0.25) is 0 Å². The van der Waals surface area contributed by atoms with Crippen molar-refractivity contribution in [3.05, 3.63) is 0 Å². The first-order valence-electron chi connectivity index (χ1n) is 11.4. The molecule has 5 unspecified atom stereocenters. The summed E-state index contributed by atoms with van der Waals surface area (Å²) < 4.78 is 22.9. The third-order valence-electron chi connectivity index (χ3n) is 6.58. The zero-order valence-electron chi connectivity index (χ0n) is 19.2. The number of hydrogen-bond donors (Lipinski definition) is 11. The fraction of sp³-hybridized carbons (Fsp3) is 0.947. The van der Waals surface area contributed by atoms with E-state index in [0.717, 1.165) is 0 Å². The molecule has 1 aliphatic carbocycles. The Morgan fingerprint density at radius 2 is 1.49 bits per heavy atom. The number of aliphatic hydroxyl groups excluding tert-OH is 6. The molecule has 3 aliphatic rings. The van der Waals surface area contributed by atoms with Gasteiger partial charge in [-0.15, -0.1) is 0 Å². The van der Waals surface area contributed by atoms with Crippen LogP contribution in [0.25, 0.3) is 0 Å². The number of guanidine groups is 1.